The third-order valence-corrected chi connectivity index (χ3v) is 21.0. The molecule has 1 aromatic carbocycles. The second-order valence-electron chi connectivity index (χ2n) is 19.5. The highest BCUT2D eigenvalue weighted by molar-refractivity contribution is 7.32. The zero-order valence-electron chi connectivity index (χ0n) is 39.5. The normalized spacial score (nSPS) is 17.8. The summed E-state index contributed by atoms with van der Waals surface area (Å²) < 4.78 is 43.7. The third-order valence-electron chi connectivity index (χ3n) is 15.7. The van der Waals surface area contributed by atoms with E-state index in [2.05, 4.69) is 85.6 Å². The maximum atomic E-state index is 14.5. The molecule has 65 heavy (non-hydrogen) atoms. The average Bonchev–Trinajstić information content (AvgIpc) is 4.19. The fraction of sp³-hybridized carbons (Fsp3) is 0.635. The summed E-state index contributed by atoms with van der Waals surface area (Å²) in [5.41, 5.74) is 4.31. The summed E-state index contributed by atoms with van der Waals surface area (Å²) in [5, 5.41) is 2.68. The Labute approximate surface area is 406 Å². The van der Waals surface area contributed by atoms with Gasteiger partial charge < -0.3 is 14.8 Å². The summed E-state index contributed by atoms with van der Waals surface area (Å²) in [6.07, 6.45) is 18.4. The van der Waals surface area contributed by atoms with Crippen LogP contribution in [0.3, 0.4) is 0 Å². The molecule has 13 heteroatoms. The van der Waals surface area contributed by atoms with Crippen molar-refractivity contribution in [2.24, 2.45) is 35.5 Å². The predicted octanol–water partition coefficient (Wildman–Crippen LogP) is 18.1. The van der Waals surface area contributed by atoms with Crippen LogP contribution in [0.4, 0.5) is 18.8 Å². The molecule has 0 amide bonds. The highest BCUT2D eigenvalue weighted by Crippen LogP contribution is 2.51. The molecule has 2 aliphatic heterocycles. The lowest BCUT2D eigenvalue weighted by Gasteiger charge is -2.37. The lowest BCUT2D eigenvalue weighted by atomic mass is 9.76. The average molecular weight is 978 g/mol. The highest BCUT2D eigenvalue weighted by atomic mass is 32.1. The molecule has 0 bridgehead atoms. The van der Waals surface area contributed by atoms with Gasteiger partial charge in [-0.05, 0) is 98.3 Å². The smallest absolute Gasteiger partial charge is 0.295 e. The van der Waals surface area contributed by atoms with Gasteiger partial charge in [0.2, 0.25) is 0 Å². The largest absolute Gasteiger partial charge is 0.363 e. The van der Waals surface area contributed by atoms with Crippen molar-refractivity contribution in [1.29, 1.82) is 0 Å². The molecule has 352 valence electrons. The van der Waals surface area contributed by atoms with Crippen molar-refractivity contribution in [3.8, 4) is 20.9 Å². The Hall–Kier alpha value is -2.71. The van der Waals surface area contributed by atoms with Gasteiger partial charge in [-0.15, -0.1) is 45.3 Å². The number of thiophene rings is 4. The number of benzene rings is 1. The molecular weight excluding hydrogens is 907 g/mol. The molecule has 7 aromatic rings. The number of fused-ring (bicyclic) bond motifs is 4. The first-order valence-corrected chi connectivity index (χ1v) is 29.3. The number of imidazole rings is 1. The monoisotopic (exact) mass is 976 g/mol. The molecule has 2 aliphatic rings. The number of halogens is 2. The van der Waals surface area contributed by atoms with Crippen molar-refractivity contribution in [1.82, 2.24) is 18.7 Å². The minimum atomic E-state index is -2.72. The van der Waals surface area contributed by atoms with Crippen LogP contribution in [0.25, 0.3) is 61.7 Å². The van der Waals surface area contributed by atoms with E-state index < -0.39 is 6.43 Å². The number of nitrogens with one attached hydrogen (secondary N) is 1. The van der Waals surface area contributed by atoms with Gasteiger partial charge in [-0.25, -0.2) is 13.8 Å². The highest BCUT2D eigenvalue weighted by Gasteiger charge is 2.32. The standard InChI is InChI=1S/C52H70F2N6S5/c1-7-13-15-31(9-3)25-33(11-5)35-17-21-59(22-18-35)43-29-39-37(63-43)27-41(61-39)45-47-48(56-52(55-47)51(53)54)46(50-49(45)57-65-58-50)42-28-38-40(62-42)30-44(64-38)60-23-19-36(20-24-60)34(12-6)26-32(10-4)16-14-8-2/h27-36,51H,7-26H2,1-6H3,(H,55,56). The molecule has 9 rings (SSSR count). The first-order chi connectivity index (χ1) is 31.7. The fourth-order valence-corrected chi connectivity index (χ4v) is 17.2. The number of H-pyrrole nitrogens is 1. The molecule has 0 spiro atoms. The molecule has 0 saturated carbocycles. The number of aromatic amines is 1. The van der Waals surface area contributed by atoms with Crippen LogP contribution in [0, 0.1) is 35.5 Å². The number of nitrogens with zero attached hydrogens (tertiary/aromatic N) is 5. The van der Waals surface area contributed by atoms with Crippen LogP contribution >= 0.6 is 57.1 Å². The quantitative estimate of drug-likeness (QED) is 0.0777. The Kier molecular flexibility index (Phi) is 15.5. The van der Waals surface area contributed by atoms with Gasteiger partial charge in [-0.2, -0.15) is 8.75 Å². The fourth-order valence-electron chi connectivity index (χ4n) is 11.7. The Morgan fingerprint density at radius 3 is 1.49 bits per heavy atom. The van der Waals surface area contributed by atoms with Crippen LogP contribution in [0.5, 0.6) is 0 Å². The zero-order valence-corrected chi connectivity index (χ0v) is 43.6. The van der Waals surface area contributed by atoms with Crippen LogP contribution in [0.2, 0.25) is 0 Å². The van der Waals surface area contributed by atoms with Crippen LogP contribution in [0.1, 0.15) is 157 Å². The van der Waals surface area contributed by atoms with Gasteiger partial charge in [0.25, 0.3) is 6.43 Å². The van der Waals surface area contributed by atoms with Gasteiger partial charge in [0.15, 0.2) is 5.82 Å². The third kappa shape index (κ3) is 9.93. The predicted molar refractivity (Wildman–Crippen MR) is 283 cm³/mol. The molecule has 6 aromatic heterocycles. The number of anilines is 2. The van der Waals surface area contributed by atoms with E-state index in [0.29, 0.717) is 11.0 Å². The summed E-state index contributed by atoms with van der Waals surface area (Å²) >= 11 is 8.35. The van der Waals surface area contributed by atoms with Gasteiger partial charge in [0, 0.05) is 65.9 Å². The van der Waals surface area contributed by atoms with Gasteiger partial charge >= 0.3 is 0 Å². The SMILES string of the molecule is CCCCC(CC)CC(CC)C1CCN(c2cc3sc(-c4c5nsnc5c(-c5cc6sc(N7CCC(C(CC)CC(CC)CCCC)CC7)cc6s5)c5[nH]c(C(F)F)nc45)cc3s2)CC1. The minimum absolute atomic E-state index is 0.306. The Bertz CT molecular complexity index is 2380. The zero-order chi connectivity index (χ0) is 45.2. The molecular formula is C52H70F2N6S5. The molecule has 6 nitrogen and oxygen atoms in total. The number of hydrogen-bond donors (Lipinski definition) is 1. The molecule has 8 heterocycles. The molecule has 1 N–H and O–H groups in total. The van der Waals surface area contributed by atoms with Crippen molar-refractivity contribution < 1.29 is 8.78 Å². The first kappa shape index (κ1) is 47.4. The number of piperidine rings is 2. The second-order valence-corrected chi connectivity index (χ2v) is 24.3. The molecule has 0 radical (unpaired) electrons. The van der Waals surface area contributed by atoms with Gasteiger partial charge in [0.1, 0.15) is 16.6 Å². The van der Waals surface area contributed by atoms with Crippen molar-refractivity contribution >= 4 is 108 Å². The lowest BCUT2D eigenvalue weighted by molar-refractivity contribution is 0.142. The molecule has 2 fully saturated rings. The Balaban J connectivity index is 0.934. The number of aromatic nitrogens is 4. The van der Waals surface area contributed by atoms with Crippen LogP contribution < -0.4 is 9.80 Å². The van der Waals surface area contributed by atoms with E-state index >= 15 is 0 Å². The van der Waals surface area contributed by atoms with E-state index in [9.17, 15) is 8.78 Å². The van der Waals surface area contributed by atoms with E-state index in [1.807, 2.05) is 22.7 Å². The summed E-state index contributed by atoms with van der Waals surface area (Å²) in [5.74, 6) is 4.74. The topological polar surface area (TPSA) is 60.9 Å². The van der Waals surface area contributed by atoms with E-state index in [1.165, 1.54) is 143 Å². The maximum Gasteiger partial charge on any atom is 0.295 e. The van der Waals surface area contributed by atoms with Gasteiger partial charge in [-0.3, -0.25) is 0 Å². The molecule has 4 unspecified atom stereocenters. The summed E-state index contributed by atoms with van der Waals surface area (Å²) in [6, 6.07) is 9.20. The minimum Gasteiger partial charge on any atom is -0.363 e. The summed E-state index contributed by atoms with van der Waals surface area (Å²) in [7, 11) is 0. The summed E-state index contributed by atoms with van der Waals surface area (Å²) in [6.45, 7) is 18.7. The maximum absolute atomic E-state index is 14.5. The lowest BCUT2D eigenvalue weighted by Crippen LogP contribution is -2.36. The van der Waals surface area contributed by atoms with E-state index in [1.54, 1.807) is 22.7 Å². The van der Waals surface area contributed by atoms with Crippen molar-refractivity contribution in [3.05, 3.63) is 30.1 Å². The Morgan fingerprint density at radius 1 is 0.600 bits per heavy atom. The number of unbranched alkanes of at least 4 members (excludes halogenated alkanes) is 2. The number of alkyl halides is 2. The number of hydrogen-bond acceptors (Lipinski definition) is 10. The van der Waals surface area contributed by atoms with Crippen LogP contribution in [0.15, 0.2) is 24.3 Å². The van der Waals surface area contributed by atoms with Crippen LogP contribution in [-0.2, 0) is 0 Å². The van der Waals surface area contributed by atoms with Gasteiger partial charge in [-0.1, -0.05) is 106 Å². The van der Waals surface area contributed by atoms with E-state index in [-0.39, 0.29) is 5.82 Å². The van der Waals surface area contributed by atoms with Crippen molar-refractivity contribution in [3.63, 3.8) is 0 Å². The summed E-state index contributed by atoms with van der Waals surface area (Å²) in [4.78, 5) is 14.9. The van der Waals surface area contributed by atoms with E-state index in [0.717, 1.165) is 93.6 Å². The van der Waals surface area contributed by atoms with Gasteiger partial charge in [0.05, 0.1) is 27.2 Å². The van der Waals surface area contributed by atoms with Crippen LogP contribution in [-0.4, -0.2) is 44.9 Å². The molecule has 0 aliphatic carbocycles. The van der Waals surface area contributed by atoms with E-state index in [4.69, 9.17) is 8.75 Å². The first-order valence-electron chi connectivity index (χ1n) is 25.3. The number of rotatable bonds is 21. The molecule has 2 saturated heterocycles. The van der Waals surface area contributed by atoms with Crippen molar-refractivity contribution in [2.75, 3.05) is 36.0 Å². The Morgan fingerprint density at radius 2 is 1.06 bits per heavy atom. The second kappa shape index (κ2) is 21.3. The van der Waals surface area contributed by atoms with Crippen molar-refractivity contribution in [2.45, 2.75) is 151 Å². The molecule has 4 atom stereocenters.